The van der Waals surface area contributed by atoms with Crippen molar-refractivity contribution in [3.63, 3.8) is 0 Å². The summed E-state index contributed by atoms with van der Waals surface area (Å²) in [5.41, 5.74) is -0.658. The van der Waals surface area contributed by atoms with Crippen molar-refractivity contribution in [3.8, 4) is 0 Å². The Balaban J connectivity index is 2.96. The molecule has 4 heteroatoms. The monoisotopic (exact) mass is 228 g/mol. The molecule has 0 atom stereocenters. The van der Waals surface area contributed by atoms with Crippen LogP contribution in [-0.4, -0.2) is 14.0 Å². The van der Waals surface area contributed by atoms with E-state index in [0.29, 0.717) is 6.42 Å². The Labute approximate surface area is 91.2 Å². The van der Waals surface area contributed by atoms with Gasteiger partial charge >= 0.3 is 0 Å². The van der Waals surface area contributed by atoms with Gasteiger partial charge in [0, 0.05) is 0 Å². The van der Waals surface area contributed by atoms with Crippen LogP contribution in [0.2, 0.25) is 0 Å². The van der Waals surface area contributed by atoms with Gasteiger partial charge < -0.3 is 0 Å². The first-order chi connectivity index (χ1) is 6.87. The molecule has 0 saturated heterocycles. The third-order valence-corrected chi connectivity index (χ3v) is 3.74. The van der Waals surface area contributed by atoms with E-state index in [-0.39, 0.29) is 4.90 Å². The lowest BCUT2D eigenvalue weighted by Crippen LogP contribution is -2.27. The molecule has 0 N–H and O–H groups in total. The lowest BCUT2D eigenvalue weighted by molar-refractivity contribution is 0.114. The first-order valence-electron chi connectivity index (χ1n) is 4.88. The quantitative estimate of drug-likeness (QED) is 0.744. The largest absolute Gasteiger partial charge is 0.297 e. The Morgan fingerprint density at radius 3 is 2.20 bits per heavy atom. The molecular weight excluding hydrogens is 212 g/mol. The summed E-state index contributed by atoms with van der Waals surface area (Å²) in [6.45, 7) is 5.40. The highest BCUT2D eigenvalue weighted by Crippen LogP contribution is 2.22. The van der Waals surface area contributed by atoms with E-state index in [0.717, 1.165) is 0 Å². The molecule has 0 heterocycles. The molecule has 15 heavy (non-hydrogen) atoms. The van der Waals surface area contributed by atoms with Crippen LogP contribution in [0, 0.1) is 0 Å². The molecule has 1 rings (SSSR count). The topological polar surface area (TPSA) is 43.4 Å². The summed E-state index contributed by atoms with van der Waals surface area (Å²) in [5, 5.41) is 0. The predicted octanol–water partition coefficient (Wildman–Crippen LogP) is 2.58. The molecule has 84 valence electrons. The Morgan fingerprint density at radius 2 is 1.73 bits per heavy atom. The predicted molar refractivity (Wildman–Crippen MR) is 59.1 cm³/mol. The minimum atomic E-state index is -3.63. The van der Waals surface area contributed by atoms with Gasteiger partial charge in [-0.3, -0.25) is 4.18 Å². The van der Waals surface area contributed by atoms with E-state index < -0.39 is 15.7 Å². The lowest BCUT2D eigenvalue weighted by atomic mass is 10.1. The van der Waals surface area contributed by atoms with Crippen molar-refractivity contribution in [1.29, 1.82) is 0 Å². The fourth-order valence-corrected chi connectivity index (χ4v) is 2.29. The summed E-state index contributed by atoms with van der Waals surface area (Å²) in [6.07, 6.45) is 0.638. The molecular formula is C11H16O3S. The molecule has 1 aromatic rings. The van der Waals surface area contributed by atoms with Crippen molar-refractivity contribution in [1.82, 2.24) is 0 Å². The molecule has 0 bridgehead atoms. The third-order valence-electron chi connectivity index (χ3n) is 2.22. The van der Waals surface area contributed by atoms with Crippen molar-refractivity contribution in [2.75, 3.05) is 0 Å². The highest BCUT2D eigenvalue weighted by molar-refractivity contribution is 7.86. The first kappa shape index (κ1) is 12.2. The zero-order valence-corrected chi connectivity index (χ0v) is 10.0. The second-order valence-corrected chi connectivity index (χ2v) is 5.51. The minimum absolute atomic E-state index is 0.200. The van der Waals surface area contributed by atoms with Crippen molar-refractivity contribution in [2.45, 2.75) is 37.7 Å². The van der Waals surface area contributed by atoms with Gasteiger partial charge in [0.05, 0.1) is 10.5 Å². The van der Waals surface area contributed by atoms with Gasteiger partial charge in [0.1, 0.15) is 0 Å². The fourth-order valence-electron chi connectivity index (χ4n) is 0.991. The van der Waals surface area contributed by atoms with Crippen LogP contribution in [0.5, 0.6) is 0 Å². The average Bonchev–Trinajstić information content (AvgIpc) is 2.18. The lowest BCUT2D eigenvalue weighted by Gasteiger charge is -2.22. The second-order valence-electron chi connectivity index (χ2n) is 3.96. The summed E-state index contributed by atoms with van der Waals surface area (Å²) in [6, 6.07) is 8.18. The Morgan fingerprint density at radius 1 is 1.20 bits per heavy atom. The maximum absolute atomic E-state index is 11.8. The molecule has 1 aromatic carbocycles. The van der Waals surface area contributed by atoms with Gasteiger partial charge in [0.25, 0.3) is 10.1 Å². The van der Waals surface area contributed by atoms with Gasteiger partial charge in [-0.15, -0.1) is 0 Å². The number of rotatable bonds is 4. The second kappa shape index (κ2) is 4.33. The summed E-state index contributed by atoms with van der Waals surface area (Å²) in [5.74, 6) is 0. The van der Waals surface area contributed by atoms with Crippen LogP contribution in [0.3, 0.4) is 0 Å². The summed E-state index contributed by atoms with van der Waals surface area (Å²) in [7, 11) is -3.63. The number of hydrogen-bond acceptors (Lipinski definition) is 3. The molecule has 0 aromatic heterocycles. The van der Waals surface area contributed by atoms with Crippen molar-refractivity contribution in [2.24, 2.45) is 0 Å². The summed E-state index contributed by atoms with van der Waals surface area (Å²) < 4.78 is 28.7. The van der Waals surface area contributed by atoms with Gasteiger partial charge in [-0.1, -0.05) is 25.1 Å². The molecule has 0 saturated carbocycles. The van der Waals surface area contributed by atoms with E-state index in [4.69, 9.17) is 4.18 Å². The molecule has 0 aliphatic carbocycles. The normalized spacial score (nSPS) is 12.7. The van der Waals surface area contributed by atoms with Crippen LogP contribution in [0.4, 0.5) is 0 Å². The summed E-state index contributed by atoms with van der Waals surface area (Å²) in [4.78, 5) is 0.200. The first-order valence-corrected chi connectivity index (χ1v) is 6.29. The van der Waals surface area contributed by atoms with Gasteiger partial charge in [0.15, 0.2) is 0 Å². The Kier molecular flexibility index (Phi) is 3.52. The standard InChI is InChI=1S/C11H16O3S/c1-4-11(2,3)14-15(12,13)10-8-6-5-7-9-10/h5-9H,4H2,1-3H3. The Bertz CT molecular complexity index is 407. The third kappa shape index (κ3) is 3.32. The highest BCUT2D eigenvalue weighted by Gasteiger charge is 2.26. The van der Waals surface area contributed by atoms with Gasteiger partial charge in [-0.25, -0.2) is 0 Å². The molecule has 0 unspecified atom stereocenters. The van der Waals surface area contributed by atoms with Crippen molar-refractivity contribution in [3.05, 3.63) is 30.3 Å². The molecule has 0 amide bonds. The summed E-state index contributed by atoms with van der Waals surface area (Å²) >= 11 is 0. The van der Waals surface area contributed by atoms with Crippen LogP contribution in [-0.2, 0) is 14.3 Å². The molecule has 0 spiro atoms. The van der Waals surface area contributed by atoms with Crippen LogP contribution >= 0.6 is 0 Å². The fraction of sp³-hybridized carbons (Fsp3) is 0.455. The minimum Gasteiger partial charge on any atom is -0.260 e. The van der Waals surface area contributed by atoms with E-state index in [1.807, 2.05) is 6.92 Å². The zero-order valence-electron chi connectivity index (χ0n) is 9.23. The molecule has 0 aliphatic heterocycles. The SMILES string of the molecule is CCC(C)(C)OS(=O)(=O)c1ccccc1. The van der Waals surface area contributed by atoms with Crippen molar-refractivity contribution >= 4 is 10.1 Å². The Hall–Kier alpha value is -0.870. The molecule has 0 radical (unpaired) electrons. The molecule has 0 fully saturated rings. The van der Waals surface area contributed by atoms with Crippen LogP contribution in [0.1, 0.15) is 27.2 Å². The van der Waals surface area contributed by atoms with E-state index >= 15 is 0 Å². The van der Waals surface area contributed by atoms with Crippen LogP contribution < -0.4 is 0 Å². The average molecular weight is 228 g/mol. The van der Waals surface area contributed by atoms with Gasteiger partial charge in [-0.2, -0.15) is 8.42 Å². The molecule has 3 nitrogen and oxygen atoms in total. The number of benzene rings is 1. The van der Waals surface area contributed by atoms with Gasteiger partial charge in [0.2, 0.25) is 0 Å². The van der Waals surface area contributed by atoms with E-state index in [9.17, 15) is 8.42 Å². The van der Waals surface area contributed by atoms with Crippen LogP contribution in [0.25, 0.3) is 0 Å². The van der Waals surface area contributed by atoms with E-state index in [2.05, 4.69) is 0 Å². The molecule has 0 aliphatic rings. The maximum atomic E-state index is 11.8. The number of hydrogen-bond donors (Lipinski definition) is 0. The zero-order chi connectivity index (χ0) is 11.5. The van der Waals surface area contributed by atoms with Crippen LogP contribution in [0.15, 0.2) is 35.2 Å². The van der Waals surface area contributed by atoms with E-state index in [1.54, 1.807) is 32.0 Å². The highest BCUT2D eigenvalue weighted by atomic mass is 32.2. The van der Waals surface area contributed by atoms with Gasteiger partial charge in [-0.05, 0) is 32.4 Å². The smallest absolute Gasteiger partial charge is 0.260 e. The van der Waals surface area contributed by atoms with Crippen molar-refractivity contribution < 1.29 is 12.6 Å². The van der Waals surface area contributed by atoms with E-state index in [1.165, 1.54) is 12.1 Å². The maximum Gasteiger partial charge on any atom is 0.297 e.